The molecule has 0 aliphatic rings. The molecule has 0 N–H and O–H groups in total. The Balaban J connectivity index is -0.0000000267. The summed E-state index contributed by atoms with van der Waals surface area (Å²) in [6, 6.07) is 0. The van der Waals surface area contributed by atoms with Gasteiger partial charge in [0.2, 0.25) is 0 Å². The maximum Gasteiger partial charge on any atom is 3.00 e. The van der Waals surface area contributed by atoms with Gasteiger partial charge in [0.1, 0.15) is 0 Å². The summed E-state index contributed by atoms with van der Waals surface area (Å²) in [5.74, 6) is 0. The minimum atomic E-state index is -4.33. The Kier molecular flexibility index (Phi) is 30.1. The van der Waals surface area contributed by atoms with E-state index in [0.717, 1.165) is 0 Å². The van der Waals surface area contributed by atoms with Gasteiger partial charge in [0, 0.05) is 22.4 Å². The summed E-state index contributed by atoms with van der Waals surface area (Å²) in [4.78, 5) is 0. The zero-order valence-electron chi connectivity index (χ0n) is 5.69. The molecule has 0 aromatic rings. The summed E-state index contributed by atoms with van der Waals surface area (Å²) in [7, 11) is -8.67. The van der Waals surface area contributed by atoms with Crippen molar-refractivity contribution in [3.63, 3.8) is 0 Å². The van der Waals surface area contributed by atoms with E-state index in [-0.39, 0.29) is 74.3 Å². The Morgan fingerprint density at radius 3 is 0.846 bits per heavy atom. The third kappa shape index (κ3) is 274. The van der Waals surface area contributed by atoms with E-state index in [0.29, 0.717) is 0 Å². The van der Waals surface area contributed by atoms with Gasteiger partial charge < -0.3 is 18.2 Å². The average molecular weight is 641 g/mol. The fraction of sp³-hybridized carbons (Fsp3) is 0. The second kappa shape index (κ2) is 13.1. The quantitative estimate of drug-likeness (QED) is 0.241. The van der Waals surface area contributed by atoms with Gasteiger partial charge in [-0.3, -0.25) is 8.42 Å². The molecule has 13 heavy (non-hydrogen) atoms. The summed E-state index contributed by atoms with van der Waals surface area (Å²) in [6.45, 7) is 0. The third-order valence-corrected chi connectivity index (χ3v) is 0. The largest absolute Gasteiger partial charge is 3.00 e. The molecule has 0 aliphatic heterocycles. The molecule has 13 heteroatoms. The molecule has 0 unspecified atom stereocenters. The Morgan fingerprint density at radius 1 is 0.846 bits per heavy atom. The summed E-state index contributed by atoms with van der Waals surface area (Å²) in [5, 5.41) is 0. The Morgan fingerprint density at radius 2 is 0.846 bits per heavy atom. The first-order valence-electron chi connectivity index (χ1n) is 1.33. The molecule has 0 aliphatic carbocycles. The molecular weight excluding hydrogens is 641 g/mol. The van der Waals surface area contributed by atoms with Gasteiger partial charge in [0.15, 0.2) is 0 Å². The number of hydrogen-bond acceptors (Lipinski definition) is 8. The van der Waals surface area contributed by atoms with Crippen molar-refractivity contribution in [1.82, 2.24) is 0 Å². The van der Waals surface area contributed by atoms with Crippen molar-refractivity contribution in [2.24, 2.45) is 0 Å². The van der Waals surface area contributed by atoms with E-state index in [1.807, 2.05) is 0 Å². The maximum absolute atomic E-state index is 8.89. The van der Waals surface area contributed by atoms with Gasteiger partial charge >= 0.3 is 51.9 Å². The van der Waals surface area contributed by atoms with Gasteiger partial charge in [-0.25, -0.2) is 0 Å². The van der Waals surface area contributed by atoms with Gasteiger partial charge in [-0.1, -0.05) is 0 Å². The molecule has 83 valence electrons. The van der Waals surface area contributed by atoms with Crippen LogP contribution in [0.3, 0.4) is 0 Å². The molecule has 0 rings (SSSR count). The van der Waals surface area contributed by atoms with E-state index in [1.165, 1.54) is 0 Å². The van der Waals surface area contributed by atoms with Crippen molar-refractivity contribution in [3.8, 4) is 0 Å². The van der Waals surface area contributed by atoms with Crippen LogP contribution < -0.4 is 29.6 Å². The summed E-state index contributed by atoms with van der Waals surface area (Å²) < 4.78 is 53.3. The van der Waals surface area contributed by atoms with Crippen LogP contribution >= 0.6 is 0 Å². The molecular formula is Au2NaO6S4. The van der Waals surface area contributed by atoms with E-state index in [2.05, 4.69) is 22.4 Å². The standard InChI is InChI=1S/2Au.Na.2H2O3S2/c;;;2*1-5(2,3)4/h;;;2*(H2,1,2,3,4)/q;+3;+1;;/p-4. The van der Waals surface area contributed by atoms with Crippen LogP contribution in [0.5, 0.6) is 0 Å². The third-order valence-electron chi connectivity index (χ3n) is 0. The fourth-order valence-corrected chi connectivity index (χ4v) is 0. The minimum absolute atomic E-state index is 0. The molecule has 1 radical (unpaired) electrons. The first-order chi connectivity index (χ1) is 4.00. The van der Waals surface area contributed by atoms with Crippen molar-refractivity contribution in [2.45, 2.75) is 0 Å². The van der Waals surface area contributed by atoms with Crippen LogP contribution in [-0.2, 0) is 85.2 Å². The first-order valence-corrected chi connectivity index (χ1v) is 6.00. The van der Waals surface area contributed by atoms with E-state index < -0.39 is 18.1 Å². The monoisotopic (exact) mass is 641 g/mol. The van der Waals surface area contributed by atoms with Gasteiger partial charge in [-0.2, -0.15) is 0 Å². The molecule has 0 saturated carbocycles. The summed E-state index contributed by atoms with van der Waals surface area (Å²) >= 11 is 6.49. The average Bonchev–Trinajstić information content (AvgIpc) is 1.12. The molecule has 0 aromatic heterocycles. The van der Waals surface area contributed by atoms with E-state index >= 15 is 0 Å². The predicted octanol–water partition coefficient (Wildman–Crippen LogP) is -5.01. The second-order valence-electron chi connectivity index (χ2n) is 0.816. The van der Waals surface area contributed by atoms with Gasteiger partial charge in [0.05, 0.1) is 0 Å². The molecule has 0 fully saturated rings. The van der Waals surface area contributed by atoms with E-state index in [1.54, 1.807) is 0 Å². The van der Waals surface area contributed by atoms with Crippen LogP contribution in [0.2, 0.25) is 0 Å². The van der Waals surface area contributed by atoms with Crippen molar-refractivity contribution in [3.05, 3.63) is 0 Å². The van der Waals surface area contributed by atoms with Crippen LogP contribution in [0.4, 0.5) is 0 Å². The van der Waals surface area contributed by atoms with Gasteiger partial charge in [0.25, 0.3) is 0 Å². The summed E-state index contributed by atoms with van der Waals surface area (Å²) in [5.41, 5.74) is 0. The van der Waals surface area contributed by atoms with Crippen LogP contribution in [0.15, 0.2) is 0 Å². The molecule has 0 heterocycles. The van der Waals surface area contributed by atoms with Crippen molar-refractivity contribution in [1.29, 1.82) is 0 Å². The van der Waals surface area contributed by atoms with Crippen molar-refractivity contribution < 1.29 is 101 Å². The Hall–Kier alpha value is 3.06. The smallest absolute Gasteiger partial charge is 0.780 e. The molecule has 0 saturated heterocycles. The maximum atomic E-state index is 8.89. The fourth-order valence-electron chi connectivity index (χ4n) is 0. The SMILES string of the molecule is O=S([O-])([O-])=S.O=S([O-])([O-])=S.[Au+3].[Au].[Na+]. The summed E-state index contributed by atoms with van der Waals surface area (Å²) in [6.07, 6.45) is 0. The molecule has 6 nitrogen and oxygen atoms in total. The van der Waals surface area contributed by atoms with Gasteiger partial charge in [-0.05, 0) is 22.4 Å². The second-order valence-corrected chi connectivity index (χ2v) is 4.90. The first kappa shape index (κ1) is 29.8. The Bertz CT molecular complexity index is 219. The zero-order valence-corrected chi connectivity index (χ0v) is 15.3. The minimum Gasteiger partial charge on any atom is -0.780 e. The number of hydrogen-bond donors (Lipinski definition) is 0. The van der Waals surface area contributed by atoms with Crippen LogP contribution in [0.25, 0.3) is 0 Å². The topological polar surface area (TPSA) is 126 Å². The molecule has 0 spiro atoms. The Labute approximate surface area is 139 Å². The van der Waals surface area contributed by atoms with Crippen molar-refractivity contribution in [2.75, 3.05) is 0 Å². The zero-order chi connectivity index (χ0) is 9.00. The van der Waals surface area contributed by atoms with E-state index in [9.17, 15) is 0 Å². The van der Waals surface area contributed by atoms with Crippen molar-refractivity contribution >= 4 is 40.5 Å². The predicted molar refractivity (Wildman–Crippen MR) is 34.1 cm³/mol. The van der Waals surface area contributed by atoms with E-state index in [4.69, 9.17) is 26.6 Å². The van der Waals surface area contributed by atoms with Crippen LogP contribution in [0, 0.1) is 0 Å². The van der Waals surface area contributed by atoms with Gasteiger partial charge in [-0.15, -0.1) is 18.1 Å². The van der Waals surface area contributed by atoms with Crippen LogP contribution in [0.1, 0.15) is 0 Å². The number of rotatable bonds is 0. The molecule has 0 atom stereocenters. The normalized spacial score (nSPS) is 8.92. The van der Waals surface area contributed by atoms with Crippen LogP contribution in [-0.4, -0.2) is 26.6 Å². The molecule has 0 aromatic carbocycles. The molecule has 0 amide bonds. The molecule has 0 bridgehead atoms.